The molecule has 0 unspecified atom stereocenters. The molecule has 2 N–H and O–H groups in total. The zero-order valence-corrected chi connectivity index (χ0v) is 18.5. The van der Waals surface area contributed by atoms with E-state index in [9.17, 15) is 9.59 Å². The fourth-order valence-electron chi connectivity index (χ4n) is 3.24. The van der Waals surface area contributed by atoms with Crippen molar-refractivity contribution in [1.82, 2.24) is 25.3 Å². The summed E-state index contributed by atoms with van der Waals surface area (Å²) >= 11 is 0. The Hall–Kier alpha value is -1.87. The third kappa shape index (κ3) is 7.81. The number of nitrogens with zero attached hydrogens (tertiary/aromatic N) is 4. The van der Waals surface area contributed by atoms with Crippen molar-refractivity contribution in [3.05, 3.63) is 0 Å². The van der Waals surface area contributed by atoms with Crippen LogP contribution in [0.15, 0.2) is 4.99 Å². The van der Waals surface area contributed by atoms with Gasteiger partial charge in [-0.1, -0.05) is 20.8 Å². The molecule has 29 heavy (non-hydrogen) atoms. The maximum absolute atomic E-state index is 12.4. The average molecular weight is 411 g/mol. The Labute approximate surface area is 174 Å². The van der Waals surface area contributed by atoms with Gasteiger partial charge in [0.1, 0.15) is 0 Å². The molecule has 0 aromatic rings. The molecule has 2 heterocycles. The Morgan fingerprint density at radius 1 is 0.966 bits per heavy atom. The molecule has 0 bridgehead atoms. The molecule has 0 aliphatic carbocycles. The highest BCUT2D eigenvalue weighted by Gasteiger charge is 2.24. The van der Waals surface area contributed by atoms with Crippen LogP contribution in [-0.4, -0.2) is 111 Å². The number of ether oxygens (including phenoxy) is 1. The van der Waals surface area contributed by atoms with E-state index in [1.807, 2.05) is 32.6 Å². The van der Waals surface area contributed by atoms with E-state index < -0.39 is 0 Å². The SMILES string of the molecule is CCNC(=NCCNC(=O)C(C)(C)C)N1CCN(CC(=O)N2CCOCC2)CC1. The molecule has 166 valence electrons. The predicted molar refractivity (Wildman–Crippen MR) is 114 cm³/mol. The zero-order valence-electron chi connectivity index (χ0n) is 18.5. The third-order valence-corrected chi connectivity index (χ3v) is 5.07. The summed E-state index contributed by atoms with van der Waals surface area (Å²) in [4.78, 5) is 35.4. The van der Waals surface area contributed by atoms with E-state index >= 15 is 0 Å². The van der Waals surface area contributed by atoms with Crippen molar-refractivity contribution < 1.29 is 14.3 Å². The van der Waals surface area contributed by atoms with Gasteiger partial charge in [0.05, 0.1) is 26.3 Å². The van der Waals surface area contributed by atoms with Crippen molar-refractivity contribution >= 4 is 17.8 Å². The van der Waals surface area contributed by atoms with Gasteiger partial charge < -0.3 is 25.2 Å². The lowest BCUT2D eigenvalue weighted by Crippen LogP contribution is -2.55. The average Bonchev–Trinajstić information content (AvgIpc) is 2.70. The van der Waals surface area contributed by atoms with Crippen molar-refractivity contribution in [2.24, 2.45) is 10.4 Å². The van der Waals surface area contributed by atoms with Gasteiger partial charge >= 0.3 is 0 Å². The van der Waals surface area contributed by atoms with Crippen LogP contribution < -0.4 is 10.6 Å². The second-order valence-electron chi connectivity index (χ2n) is 8.50. The molecule has 0 saturated carbocycles. The lowest BCUT2D eigenvalue weighted by atomic mass is 9.96. The minimum atomic E-state index is -0.386. The maximum atomic E-state index is 12.4. The monoisotopic (exact) mass is 410 g/mol. The summed E-state index contributed by atoms with van der Waals surface area (Å²) in [6, 6.07) is 0. The van der Waals surface area contributed by atoms with Gasteiger partial charge in [-0.25, -0.2) is 0 Å². The molecule has 0 atom stereocenters. The third-order valence-electron chi connectivity index (χ3n) is 5.07. The summed E-state index contributed by atoms with van der Waals surface area (Å²) < 4.78 is 5.32. The smallest absolute Gasteiger partial charge is 0.236 e. The molecule has 2 aliphatic heterocycles. The topological polar surface area (TPSA) is 89.5 Å². The maximum Gasteiger partial charge on any atom is 0.236 e. The lowest BCUT2D eigenvalue weighted by molar-refractivity contribution is -0.136. The Bertz CT molecular complexity index is 561. The van der Waals surface area contributed by atoms with Crippen LogP contribution in [0.3, 0.4) is 0 Å². The molecule has 9 nitrogen and oxygen atoms in total. The fourth-order valence-corrected chi connectivity index (χ4v) is 3.24. The number of morpholine rings is 1. The fraction of sp³-hybridized carbons (Fsp3) is 0.850. The quantitative estimate of drug-likeness (QED) is 0.352. The summed E-state index contributed by atoms with van der Waals surface area (Å²) in [5, 5.41) is 6.26. The van der Waals surface area contributed by atoms with Gasteiger partial charge in [0.25, 0.3) is 0 Å². The molecule has 0 aromatic heterocycles. The molecule has 0 spiro atoms. The minimum absolute atomic E-state index is 0.0382. The molecule has 2 fully saturated rings. The largest absolute Gasteiger partial charge is 0.378 e. The number of hydrogen-bond donors (Lipinski definition) is 2. The first-order valence-electron chi connectivity index (χ1n) is 10.7. The summed E-state index contributed by atoms with van der Waals surface area (Å²) in [7, 11) is 0. The minimum Gasteiger partial charge on any atom is -0.378 e. The Morgan fingerprint density at radius 3 is 2.21 bits per heavy atom. The number of nitrogens with one attached hydrogen (secondary N) is 2. The number of carbonyl (C=O) groups excluding carboxylic acids is 2. The highest BCUT2D eigenvalue weighted by atomic mass is 16.5. The summed E-state index contributed by atoms with van der Waals surface area (Å²) in [5.41, 5.74) is -0.386. The van der Waals surface area contributed by atoms with Gasteiger partial charge in [-0.15, -0.1) is 0 Å². The van der Waals surface area contributed by atoms with E-state index in [1.54, 1.807) is 0 Å². The van der Waals surface area contributed by atoms with Gasteiger partial charge in [0.15, 0.2) is 5.96 Å². The first kappa shape index (κ1) is 23.4. The molecule has 2 amide bonds. The molecule has 0 radical (unpaired) electrons. The normalized spacial score (nSPS) is 19.2. The number of carbonyl (C=O) groups is 2. The highest BCUT2D eigenvalue weighted by Crippen LogP contribution is 2.12. The van der Waals surface area contributed by atoms with Crippen molar-refractivity contribution in [1.29, 1.82) is 0 Å². The standard InChI is InChI=1S/C20H38N6O3/c1-5-21-19(23-7-6-22-18(28)20(2,3)4)26-10-8-24(9-11-26)16-17(27)25-12-14-29-15-13-25/h5-16H2,1-4H3,(H,21,23)(H,22,28). The van der Waals surface area contributed by atoms with Gasteiger partial charge in [-0.2, -0.15) is 0 Å². The number of rotatable bonds is 6. The Balaban J connectivity index is 1.76. The molecular weight excluding hydrogens is 372 g/mol. The van der Waals surface area contributed by atoms with Crippen molar-refractivity contribution in [3.8, 4) is 0 Å². The Kier molecular flexibility index (Phi) is 9.16. The zero-order chi connectivity index (χ0) is 21.3. The lowest BCUT2D eigenvalue weighted by Gasteiger charge is -2.37. The van der Waals surface area contributed by atoms with Crippen LogP contribution in [0.4, 0.5) is 0 Å². The second kappa shape index (κ2) is 11.3. The highest BCUT2D eigenvalue weighted by molar-refractivity contribution is 5.82. The number of hydrogen-bond acceptors (Lipinski definition) is 5. The van der Waals surface area contributed by atoms with E-state index in [1.165, 1.54) is 0 Å². The van der Waals surface area contributed by atoms with Crippen LogP contribution in [0, 0.1) is 5.41 Å². The molecule has 2 aliphatic rings. The van der Waals surface area contributed by atoms with Gasteiger partial charge in [-0.3, -0.25) is 19.5 Å². The first-order valence-corrected chi connectivity index (χ1v) is 10.7. The van der Waals surface area contributed by atoms with Crippen molar-refractivity contribution in [2.75, 3.05) is 78.7 Å². The van der Waals surface area contributed by atoms with Gasteiger partial charge in [0.2, 0.25) is 11.8 Å². The van der Waals surface area contributed by atoms with Crippen LogP contribution in [0.25, 0.3) is 0 Å². The predicted octanol–water partition coefficient (Wildman–Crippen LogP) is -0.409. The van der Waals surface area contributed by atoms with Crippen LogP contribution in [0.1, 0.15) is 27.7 Å². The van der Waals surface area contributed by atoms with Crippen LogP contribution >= 0.6 is 0 Å². The first-order chi connectivity index (χ1) is 13.8. The van der Waals surface area contributed by atoms with Crippen molar-refractivity contribution in [2.45, 2.75) is 27.7 Å². The van der Waals surface area contributed by atoms with Gasteiger partial charge in [-0.05, 0) is 6.92 Å². The molecule has 9 heteroatoms. The number of piperazine rings is 1. The second-order valence-corrected chi connectivity index (χ2v) is 8.50. The molecule has 2 rings (SSSR count). The number of guanidine groups is 1. The summed E-state index contributed by atoms with van der Waals surface area (Å²) in [6.07, 6.45) is 0. The van der Waals surface area contributed by atoms with Gasteiger partial charge in [0, 0.05) is 57.8 Å². The van der Waals surface area contributed by atoms with E-state index in [-0.39, 0.29) is 17.2 Å². The molecular formula is C20H38N6O3. The van der Waals surface area contributed by atoms with Crippen molar-refractivity contribution in [3.63, 3.8) is 0 Å². The summed E-state index contributed by atoms with van der Waals surface area (Å²) in [6.45, 7) is 16.1. The van der Waals surface area contributed by atoms with Crippen LogP contribution in [-0.2, 0) is 14.3 Å². The number of amides is 2. The molecule has 0 aromatic carbocycles. The van der Waals surface area contributed by atoms with E-state index in [2.05, 4.69) is 25.4 Å². The van der Waals surface area contributed by atoms with Crippen LogP contribution in [0.2, 0.25) is 0 Å². The molecule has 2 saturated heterocycles. The van der Waals surface area contributed by atoms with E-state index in [0.29, 0.717) is 45.9 Å². The van der Waals surface area contributed by atoms with Crippen LogP contribution in [0.5, 0.6) is 0 Å². The Morgan fingerprint density at radius 2 is 1.62 bits per heavy atom. The number of aliphatic imine (C=N–C) groups is 1. The summed E-state index contributed by atoms with van der Waals surface area (Å²) in [5.74, 6) is 1.10. The van der Waals surface area contributed by atoms with E-state index in [4.69, 9.17) is 4.74 Å². The van der Waals surface area contributed by atoms with E-state index in [0.717, 1.165) is 38.7 Å².